The topological polar surface area (TPSA) is 54.9 Å². The Hall–Kier alpha value is -3.01. The highest BCUT2D eigenvalue weighted by atomic mass is 16.1. The van der Waals surface area contributed by atoms with Gasteiger partial charge in [0.25, 0.3) is 5.91 Å². The van der Waals surface area contributed by atoms with Crippen LogP contribution in [0.4, 0.5) is 5.69 Å². The lowest BCUT2D eigenvalue weighted by Crippen LogP contribution is -2.15. The van der Waals surface area contributed by atoms with Crippen LogP contribution in [0.25, 0.3) is 11.3 Å². The van der Waals surface area contributed by atoms with E-state index in [0.29, 0.717) is 5.69 Å². The molecule has 0 aliphatic carbocycles. The number of nitrogens with zero attached hydrogens (tertiary/aromatic N) is 2. The van der Waals surface area contributed by atoms with Gasteiger partial charge in [-0.25, -0.2) is 0 Å². The van der Waals surface area contributed by atoms with Crippen LogP contribution < -0.4 is 5.32 Å². The molecule has 4 nitrogen and oxygen atoms in total. The zero-order valence-electron chi connectivity index (χ0n) is 14.7. The van der Waals surface area contributed by atoms with E-state index in [9.17, 15) is 4.79 Å². The maximum Gasteiger partial charge on any atom is 0.276 e. The molecule has 0 saturated heterocycles. The fraction of sp³-hybridized carbons (Fsp3) is 0.190. The molecule has 0 spiro atoms. The summed E-state index contributed by atoms with van der Waals surface area (Å²) < 4.78 is 0. The van der Waals surface area contributed by atoms with Gasteiger partial charge in [-0.05, 0) is 35.2 Å². The van der Waals surface area contributed by atoms with Gasteiger partial charge in [0.05, 0.1) is 5.69 Å². The minimum absolute atomic E-state index is 0.0846. The molecule has 4 heteroatoms. The van der Waals surface area contributed by atoms with Gasteiger partial charge in [0, 0.05) is 11.3 Å². The third-order valence-electron chi connectivity index (χ3n) is 3.98. The average molecular weight is 331 g/mol. The Morgan fingerprint density at radius 3 is 2.08 bits per heavy atom. The van der Waals surface area contributed by atoms with Crippen LogP contribution in [0.15, 0.2) is 66.7 Å². The SMILES string of the molecule is CC(C)(C)c1ccc(NC(=O)c2ccc(-c3ccccc3)nn2)cc1. The van der Waals surface area contributed by atoms with Crippen molar-refractivity contribution in [3.8, 4) is 11.3 Å². The van der Waals surface area contributed by atoms with Crippen LogP contribution in [-0.4, -0.2) is 16.1 Å². The highest BCUT2D eigenvalue weighted by Crippen LogP contribution is 2.23. The number of aromatic nitrogens is 2. The fourth-order valence-electron chi connectivity index (χ4n) is 2.46. The lowest BCUT2D eigenvalue weighted by Gasteiger charge is -2.19. The highest BCUT2D eigenvalue weighted by molar-refractivity contribution is 6.02. The van der Waals surface area contributed by atoms with Gasteiger partial charge in [0.2, 0.25) is 0 Å². The second kappa shape index (κ2) is 6.85. The molecule has 3 aromatic rings. The van der Waals surface area contributed by atoms with Crippen molar-refractivity contribution in [3.63, 3.8) is 0 Å². The Balaban J connectivity index is 1.71. The first-order valence-corrected chi connectivity index (χ1v) is 8.24. The Morgan fingerprint density at radius 1 is 0.840 bits per heavy atom. The zero-order chi connectivity index (χ0) is 17.9. The first kappa shape index (κ1) is 16.8. The van der Waals surface area contributed by atoms with E-state index in [1.807, 2.05) is 54.6 Å². The molecule has 1 N–H and O–H groups in total. The number of benzene rings is 2. The molecular formula is C21H21N3O. The van der Waals surface area contributed by atoms with E-state index >= 15 is 0 Å². The molecule has 0 unspecified atom stereocenters. The van der Waals surface area contributed by atoms with Crippen LogP contribution in [0.5, 0.6) is 0 Å². The third-order valence-corrected chi connectivity index (χ3v) is 3.98. The Kier molecular flexibility index (Phi) is 4.61. The number of carbonyl (C=O) groups is 1. The van der Waals surface area contributed by atoms with Crippen LogP contribution in [0.3, 0.4) is 0 Å². The Labute approximate surface area is 147 Å². The van der Waals surface area contributed by atoms with Gasteiger partial charge in [-0.3, -0.25) is 4.79 Å². The number of nitrogens with one attached hydrogen (secondary N) is 1. The summed E-state index contributed by atoms with van der Waals surface area (Å²) in [6, 6.07) is 21.1. The molecule has 1 amide bonds. The van der Waals surface area contributed by atoms with Gasteiger partial charge >= 0.3 is 0 Å². The van der Waals surface area contributed by atoms with Crippen molar-refractivity contribution in [2.45, 2.75) is 26.2 Å². The molecule has 0 aliphatic rings. The summed E-state index contributed by atoms with van der Waals surface area (Å²) in [4.78, 5) is 12.3. The number of carbonyl (C=O) groups excluding carboxylic acids is 1. The summed E-state index contributed by atoms with van der Waals surface area (Å²) >= 11 is 0. The van der Waals surface area contributed by atoms with Gasteiger partial charge in [0.1, 0.15) is 0 Å². The minimum Gasteiger partial charge on any atom is -0.321 e. The Morgan fingerprint density at radius 2 is 1.52 bits per heavy atom. The van der Waals surface area contributed by atoms with Crippen LogP contribution in [0.1, 0.15) is 36.8 Å². The van der Waals surface area contributed by atoms with Crippen molar-refractivity contribution >= 4 is 11.6 Å². The van der Waals surface area contributed by atoms with E-state index in [1.54, 1.807) is 12.1 Å². The molecule has 1 heterocycles. The second-order valence-electron chi connectivity index (χ2n) is 6.95. The highest BCUT2D eigenvalue weighted by Gasteiger charge is 2.14. The number of rotatable bonds is 3. The van der Waals surface area contributed by atoms with Gasteiger partial charge in [-0.1, -0.05) is 63.2 Å². The van der Waals surface area contributed by atoms with Crippen LogP contribution in [0.2, 0.25) is 0 Å². The molecule has 2 aromatic carbocycles. The van der Waals surface area contributed by atoms with Crippen molar-refractivity contribution < 1.29 is 4.79 Å². The van der Waals surface area contributed by atoms with E-state index in [2.05, 4.69) is 36.3 Å². The van der Waals surface area contributed by atoms with Crippen molar-refractivity contribution in [2.24, 2.45) is 0 Å². The first-order chi connectivity index (χ1) is 11.9. The predicted molar refractivity (Wildman–Crippen MR) is 101 cm³/mol. The molecule has 3 rings (SSSR count). The monoisotopic (exact) mass is 331 g/mol. The predicted octanol–water partition coefficient (Wildman–Crippen LogP) is 4.69. The summed E-state index contributed by atoms with van der Waals surface area (Å²) in [6.45, 7) is 6.47. The van der Waals surface area contributed by atoms with Crippen LogP contribution in [-0.2, 0) is 5.41 Å². The van der Waals surface area contributed by atoms with E-state index in [0.717, 1.165) is 16.9 Å². The van der Waals surface area contributed by atoms with Crippen LogP contribution >= 0.6 is 0 Å². The summed E-state index contributed by atoms with van der Waals surface area (Å²) in [5.41, 5.74) is 4.05. The van der Waals surface area contributed by atoms with E-state index in [4.69, 9.17) is 0 Å². The standard InChI is InChI=1S/C21H21N3O/c1-21(2,3)16-9-11-17(12-10-16)22-20(25)19-14-13-18(23-24-19)15-7-5-4-6-8-15/h4-14H,1-3H3,(H,22,25). The maximum atomic E-state index is 12.3. The number of amides is 1. The average Bonchev–Trinajstić information content (AvgIpc) is 2.62. The quantitative estimate of drug-likeness (QED) is 0.757. The number of hydrogen-bond acceptors (Lipinski definition) is 3. The van der Waals surface area contributed by atoms with Crippen molar-refractivity contribution in [3.05, 3.63) is 78.0 Å². The number of hydrogen-bond donors (Lipinski definition) is 1. The van der Waals surface area contributed by atoms with Crippen LogP contribution in [0, 0.1) is 0 Å². The molecule has 0 fully saturated rings. The maximum absolute atomic E-state index is 12.3. The third kappa shape index (κ3) is 4.10. The van der Waals surface area contributed by atoms with Gasteiger partial charge in [-0.15, -0.1) is 10.2 Å². The Bertz CT molecular complexity index is 848. The molecule has 25 heavy (non-hydrogen) atoms. The van der Waals surface area contributed by atoms with Crippen molar-refractivity contribution in [1.29, 1.82) is 0 Å². The van der Waals surface area contributed by atoms with E-state index in [1.165, 1.54) is 5.56 Å². The van der Waals surface area contributed by atoms with E-state index in [-0.39, 0.29) is 11.3 Å². The molecular weight excluding hydrogens is 310 g/mol. The minimum atomic E-state index is -0.268. The molecule has 0 saturated carbocycles. The largest absolute Gasteiger partial charge is 0.321 e. The summed E-state index contributed by atoms with van der Waals surface area (Å²) in [6.07, 6.45) is 0. The van der Waals surface area contributed by atoms with Crippen molar-refractivity contribution in [2.75, 3.05) is 5.32 Å². The van der Waals surface area contributed by atoms with Crippen molar-refractivity contribution in [1.82, 2.24) is 10.2 Å². The van der Waals surface area contributed by atoms with Gasteiger partial charge in [0.15, 0.2) is 5.69 Å². The molecule has 0 atom stereocenters. The lowest BCUT2D eigenvalue weighted by molar-refractivity contribution is 0.102. The van der Waals surface area contributed by atoms with Gasteiger partial charge in [-0.2, -0.15) is 0 Å². The smallest absolute Gasteiger partial charge is 0.276 e. The molecule has 0 radical (unpaired) electrons. The molecule has 126 valence electrons. The normalized spacial score (nSPS) is 11.2. The fourth-order valence-corrected chi connectivity index (χ4v) is 2.46. The molecule has 1 aromatic heterocycles. The zero-order valence-corrected chi connectivity index (χ0v) is 14.7. The van der Waals surface area contributed by atoms with Gasteiger partial charge < -0.3 is 5.32 Å². The summed E-state index contributed by atoms with van der Waals surface area (Å²) in [5, 5.41) is 11.0. The lowest BCUT2D eigenvalue weighted by atomic mass is 9.87. The van der Waals surface area contributed by atoms with E-state index < -0.39 is 0 Å². The summed E-state index contributed by atoms with van der Waals surface area (Å²) in [7, 11) is 0. The molecule has 0 aliphatic heterocycles. The number of anilines is 1. The summed E-state index contributed by atoms with van der Waals surface area (Å²) in [5.74, 6) is -0.268. The first-order valence-electron chi connectivity index (χ1n) is 8.24. The molecule has 0 bridgehead atoms. The second-order valence-corrected chi connectivity index (χ2v) is 6.95.